The molecule has 3 N–H and O–H groups in total. The van der Waals surface area contributed by atoms with Crippen LogP contribution in [-0.4, -0.2) is 27.4 Å². The van der Waals surface area contributed by atoms with Gasteiger partial charge in [-0.3, -0.25) is 9.59 Å². The highest BCUT2D eigenvalue weighted by Gasteiger charge is 2.24. The Kier molecular flexibility index (Phi) is 3.17. The molecule has 5 heteroatoms. The molecule has 1 rings (SSSR count). The summed E-state index contributed by atoms with van der Waals surface area (Å²) in [6.45, 7) is 2.91. The predicted octanol–water partition coefficient (Wildman–Crippen LogP) is 1.52. The van der Waals surface area contributed by atoms with Crippen molar-refractivity contribution >= 4 is 12.1 Å². The summed E-state index contributed by atoms with van der Waals surface area (Å²) >= 11 is 0. The van der Waals surface area contributed by atoms with Gasteiger partial charge in [0.25, 0.3) is 0 Å². The van der Waals surface area contributed by atoms with Gasteiger partial charge in [-0.1, -0.05) is 6.92 Å². The standard InChI is InChI=1S/C11H12O5/c1-3-7(13)8-10(15)5(2)9(14)6(4-12)11(8)16/h4,14-16H,3H2,1-2H3. The minimum atomic E-state index is -0.678. The van der Waals surface area contributed by atoms with Crippen molar-refractivity contribution < 1.29 is 24.9 Å². The van der Waals surface area contributed by atoms with Crippen LogP contribution in [0, 0.1) is 6.92 Å². The molecular weight excluding hydrogens is 212 g/mol. The second kappa shape index (κ2) is 4.22. The van der Waals surface area contributed by atoms with Gasteiger partial charge in [0.15, 0.2) is 12.1 Å². The van der Waals surface area contributed by atoms with E-state index in [0.717, 1.165) is 0 Å². The molecule has 0 aliphatic rings. The van der Waals surface area contributed by atoms with E-state index < -0.39 is 23.0 Å². The highest BCUT2D eigenvalue weighted by atomic mass is 16.3. The zero-order chi connectivity index (χ0) is 12.5. The summed E-state index contributed by atoms with van der Waals surface area (Å²) in [5.41, 5.74) is -0.705. The van der Waals surface area contributed by atoms with Crippen LogP contribution >= 0.6 is 0 Å². The van der Waals surface area contributed by atoms with E-state index in [4.69, 9.17) is 0 Å². The number of benzene rings is 1. The van der Waals surface area contributed by atoms with E-state index in [2.05, 4.69) is 0 Å². The molecule has 0 spiro atoms. The number of carbonyl (C=O) groups excluding carboxylic acids is 2. The van der Waals surface area contributed by atoms with E-state index >= 15 is 0 Å². The van der Waals surface area contributed by atoms with Crippen molar-refractivity contribution in [2.24, 2.45) is 0 Å². The number of phenols is 3. The van der Waals surface area contributed by atoms with Crippen LogP contribution in [0.1, 0.15) is 39.6 Å². The van der Waals surface area contributed by atoms with Crippen LogP contribution < -0.4 is 0 Å². The molecule has 0 bridgehead atoms. The predicted molar refractivity (Wildman–Crippen MR) is 56.2 cm³/mol. The van der Waals surface area contributed by atoms with Gasteiger partial charge in [0.2, 0.25) is 0 Å². The summed E-state index contributed by atoms with van der Waals surface area (Å²) in [7, 11) is 0. The number of phenolic OH excluding ortho intramolecular Hbond substituents is 3. The molecule has 86 valence electrons. The van der Waals surface area contributed by atoms with E-state index in [9.17, 15) is 24.9 Å². The Balaban J connectivity index is 3.68. The number of ketones is 1. The van der Waals surface area contributed by atoms with Crippen LogP contribution in [0.5, 0.6) is 17.2 Å². The van der Waals surface area contributed by atoms with Crippen molar-refractivity contribution in [1.82, 2.24) is 0 Å². The maximum Gasteiger partial charge on any atom is 0.170 e. The monoisotopic (exact) mass is 224 g/mol. The lowest BCUT2D eigenvalue weighted by Gasteiger charge is -2.12. The first-order valence-electron chi connectivity index (χ1n) is 4.71. The smallest absolute Gasteiger partial charge is 0.170 e. The van der Waals surface area contributed by atoms with Crippen LogP contribution in [0.2, 0.25) is 0 Å². The molecule has 0 aliphatic heterocycles. The highest BCUT2D eigenvalue weighted by molar-refractivity contribution is 6.04. The summed E-state index contributed by atoms with van der Waals surface area (Å²) in [4.78, 5) is 22.1. The van der Waals surface area contributed by atoms with E-state index in [1.807, 2.05) is 0 Å². The third kappa shape index (κ3) is 1.60. The first-order chi connectivity index (χ1) is 7.45. The van der Waals surface area contributed by atoms with Crippen molar-refractivity contribution in [2.45, 2.75) is 20.3 Å². The number of hydrogen-bond donors (Lipinski definition) is 3. The average molecular weight is 224 g/mol. The number of aldehydes is 1. The van der Waals surface area contributed by atoms with Gasteiger partial charge in [-0.15, -0.1) is 0 Å². The Bertz CT molecular complexity index is 462. The Morgan fingerprint density at radius 3 is 2.19 bits per heavy atom. The molecule has 0 fully saturated rings. The fourth-order valence-electron chi connectivity index (χ4n) is 1.41. The van der Waals surface area contributed by atoms with Crippen molar-refractivity contribution in [3.05, 3.63) is 16.7 Å². The highest BCUT2D eigenvalue weighted by Crippen LogP contribution is 2.40. The van der Waals surface area contributed by atoms with E-state index in [-0.39, 0.29) is 29.4 Å². The Morgan fingerprint density at radius 1 is 1.19 bits per heavy atom. The fourth-order valence-corrected chi connectivity index (χ4v) is 1.41. The first kappa shape index (κ1) is 12.0. The minimum Gasteiger partial charge on any atom is -0.507 e. The zero-order valence-electron chi connectivity index (χ0n) is 8.94. The molecule has 0 radical (unpaired) electrons. The summed E-state index contributed by atoms with van der Waals surface area (Å²) in [5.74, 6) is -2.19. The fraction of sp³-hybridized carbons (Fsp3) is 0.273. The van der Waals surface area contributed by atoms with Gasteiger partial charge in [0.05, 0.1) is 5.56 Å². The maximum atomic E-state index is 11.5. The minimum absolute atomic E-state index is 0.00306. The Morgan fingerprint density at radius 2 is 1.75 bits per heavy atom. The maximum absolute atomic E-state index is 11.5. The topological polar surface area (TPSA) is 94.8 Å². The van der Waals surface area contributed by atoms with Gasteiger partial charge < -0.3 is 15.3 Å². The largest absolute Gasteiger partial charge is 0.507 e. The van der Waals surface area contributed by atoms with Crippen LogP contribution in [0.4, 0.5) is 0 Å². The lowest BCUT2D eigenvalue weighted by Crippen LogP contribution is -2.02. The molecule has 0 aliphatic carbocycles. The number of hydrogen-bond acceptors (Lipinski definition) is 5. The number of carbonyl (C=O) groups is 2. The van der Waals surface area contributed by atoms with Crippen LogP contribution in [0.3, 0.4) is 0 Å². The van der Waals surface area contributed by atoms with Gasteiger partial charge in [0.1, 0.15) is 22.8 Å². The molecule has 16 heavy (non-hydrogen) atoms. The second-order valence-electron chi connectivity index (χ2n) is 3.35. The van der Waals surface area contributed by atoms with Crippen LogP contribution in [0.15, 0.2) is 0 Å². The summed E-state index contributed by atoms with van der Waals surface area (Å²) in [5, 5.41) is 28.7. The average Bonchev–Trinajstić information content (AvgIpc) is 2.27. The van der Waals surface area contributed by atoms with Gasteiger partial charge >= 0.3 is 0 Å². The van der Waals surface area contributed by atoms with Gasteiger partial charge in [-0.25, -0.2) is 0 Å². The molecule has 0 atom stereocenters. The molecular formula is C11H12O5. The van der Waals surface area contributed by atoms with Gasteiger partial charge in [-0.05, 0) is 6.92 Å². The Hall–Kier alpha value is -2.04. The van der Waals surface area contributed by atoms with Crippen LogP contribution in [0.25, 0.3) is 0 Å². The van der Waals surface area contributed by atoms with Gasteiger partial charge in [0, 0.05) is 12.0 Å². The summed E-state index contributed by atoms with van der Waals surface area (Å²) in [6.07, 6.45) is 0.313. The zero-order valence-corrected chi connectivity index (χ0v) is 8.94. The quantitative estimate of drug-likeness (QED) is 0.534. The van der Waals surface area contributed by atoms with E-state index in [1.54, 1.807) is 6.92 Å². The molecule has 0 saturated carbocycles. The Labute approximate surface area is 92.0 Å². The third-order valence-electron chi connectivity index (χ3n) is 2.41. The lowest BCUT2D eigenvalue weighted by molar-refractivity contribution is 0.0982. The molecule has 0 amide bonds. The number of rotatable bonds is 3. The molecule has 0 heterocycles. The number of aromatic hydroxyl groups is 3. The molecule has 1 aromatic rings. The van der Waals surface area contributed by atoms with Crippen molar-refractivity contribution in [3.63, 3.8) is 0 Å². The third-order valence-corrected chi connectivity index (χ3v) is 2.41. The molecule has 0 unspecified atom stereocenters. The first-order valence-corrected chi connectivity index (χ1v) is 4.71. The summed E-state index contributed by atoms with van der Waals surface area (Å²) in [6, 6.07) is 0. The van der Waals surface area contributed by atoms with Crippen molar-refractivity contribution in [3.8, 4) is 17.2 Å². The van der Waals surface area contributed by atoms with Crippen molar-refractivity contribution in [2.75, 3.05) is 0 Å². The van der Waals surface area contributed by atoms with Crippen molar-refractivity contribution in [1.29, 1.82) is 0 Å². The molecule has 1 aromatic carbocycles. The summed E-state index contributed by atoms with van der Waals surface area (Å²) < 4.78 is 0. The van der Waals surface area contributed by atoms with E-state index in [1.165, 1.54) is 6.92 Å². The molecule has 5 nitrogen and oxygen atoms in total. The molecule has 0 aromatic heterocycles. The van der Waals surface area contributed by atoms with Crippen LogP contribution in [-0.2, 0) is 0 Å². The molecule has 0 saturated heterocycles. The SMILES string of the molecule is CCC(=O)c1c(O)c(C)c(O)c(C=O)c1O. The van der Waals surface area contributed by atoms with Gasteiger partial charge in [-0.2, -0.15) is 0 Å². The number of Topliss-reactive ketones (excluding diaryl/α,β-unsaturated/α-hetero) is 1. The second-order valence-corrected chi connectivity index (χ2v) is 3.35. The van der Waals surface area contributed by atoms with E-state index in [0.29, 0.717) is 0 Å². The normalized spacial score (nSPS) is 10.1. The lowest BCUT2D eigenvalue weighted by atomic mass is 9.98.